The molecular formula is C6H4BrF2N. The average molecular weight is 212 g/mol. The number of alkyl halides is 2. The van der Waals surface area contributed by atoms with Crippen LogP contribution in [-0.4, -0.2) is 4.98 Å². The van der Waals surface area contributed by atoms with Crippen LogP contribution in [0.25, 0.3) is 0 Å². The molecule has 4 heteroatoms. The number of hydrogen-bond acceptors (Lipinski definition) is 1. The summed E-state index contributed by atoms with van der Waals surface area (Å²) < 4.78 is 52.7. The summed E-state index contributed by atoms with van der Waals surface area (Å²) in [6.07, 6.45) is -4.63. The maximum atomic E-state index is 12.5. The fourth-order valence-corrected chi connectivity index (χ4v) is 0.552. The lowest BCUT2D eigenvalue weighted by Gasteiger charge is -1.95. The van der Waals surface area contributed by atoms with E-state index in [-0.39, 0.29) is 4.47 Å². The zero-order valence-electron chi connectivity index (χ0n) is 8.58. The summed E-state index contributed by atoms with van der Waals surface area (Å²) >= 11 is 2.77. The van der Waals surface area contributed by atoms with Crippen molar-refractivity contribution < 1.29 is 14.3 Å². The van der Waals surface area contributed by atoms with Crippen LogP contribution in [0.4, 0.5) is 8.78 Å². The Bertz CT molecular complexity index is 379. The Morgan fingerprint density at radius 3 is 3.00 bits per heavy atom. The second kappa shape index (κ2) is 3.05. The van der Waals surface area contributed by atoms with Gasteiger partial charge in [-0.05, 0) is 28.0 Å². The lowest BCUT2D eigenvalue weighted by molar-refractivity contribution is 0.146. The maximum Gasteiger partial charge on any atom is 0.280 e. The molecule has 0 unspecified atom stereocenters. The third-order valence-corrected chi connectivity index (χ3v) is 1.11. The average Bonchev–Trinajstić information content (AvgIpc) is 2.06. The van der Waals surface area contributed by atoms with Gasteiger partial charge in [0.05, 0.1) is 4.11 Å². The van der Waals surface area contributed by atoms with E-state index in [2.05, 4.69) is 20.9 Å². The van der Waals surface area contributed by atoms with Gasteiger partial charge in [0, 0.05) is 10.6 Å². The molecule has 0 bridgehead atoms. The zero-order valence-corrected chi connectivity index (χ0v) is 6.17. The smallest absolute Gasteiger partial charge is 0.254 e. The predicted molar refractivity (Wildman–Crippen MR) is 36.9 cm³/mol. The molecule has 0 amide bonds. The van der Waals surface area contributed by atoms with Crippen molar-refractivity contribution in [1.29, 1.82) is 0 Å². The van der Waals surface area contributed by atoms with Gasteiger partial charge in [-0.1, -0.05) is 0 Å². The van der Waals surface area contributed by atoms with Gasteiger partial charge in [-0.25, -0.2) is 8.78 Å². The van der Waals surface area contributed by atoms with Gasteiger partial charge in [0.2, 0.25) is 0 Å². The third-order valence-electron chi connectivity index (χ3n) is 0.736. The van der Waals surface area contributed by atoms with Crippen molar-refractivity contribution in [3.63, 3.8) is 0 Å². The molecule has 0 N–H and O–H groups in total. The van der Waals surface area contributed by atoms with Crippen LogP contribution in [0.1, 0.15) is 17.6 Å². The Balaban J connectivity index is 3.49. The lowest BCUT2D eigenvalue weighted by Crippen LogP contribution is -1.87. The van der Waals surface area contributed by atoms with Crippen molar-refractivity contribution >= 4 is 15.9 Å². The summed E-state index contributed by atoms with van der Waals surface area (Å²) in [7, 11) is 0. The summed E-state index contributed by atoms with van der Waals surface area (Å²) in [4.78, 5) is 3.08. The minimum atomic E-state index is -4.05. The van der Waals surface area contributed by atoms with Gasteiger partial charge in [0.25, 0.3) is 6.40 Å². The van der Waals surface area contributed by atoms with Crippen LogP contribution in [0.3, 0.4) is 0 Å². The molecule has 1 aromatic rings. The lowest BCUT2D eigenvalue weighted by atomic mass is 10.4. The van der Waals surface area contributed by atoms with Gasteiger partial charge in [-0.2, -0.15) is 0 Å². The van der Waals surface area contributed by atoms with Gasteiger partial charge in [-0.15, -0.1) is 0 Å². The molecule has 10 heavy (non-hydrogen) atoms. The van der Waals surface area contributed by atoms with E-state index in [1.165, 1.54) is 0 Å². The molecule has 0 aromatic carbocycles. The molecule has 0 aliphatic carbocycles. The van der Waals surface area contributed by atoms with Crippen molar-refractivity contribution in [1.82, 2.24) is 4.98 Å². The van der Waals surface area contributed by atoms with Crippen LogP contribution >= 0.6 is 15.9 Å². The maximum absolute atomic E-state index is 12.5. The van der Waals surface area contributed by atoms with Crippen molar-refractivity contribution in [3.8, 4) is 0 Å². The van der Waals surface area contributed by atoms with E-state index < -0.39 is 30.4 Å². The van der Waals surface area contributed by atoms with Crippen molar-refractivity contribution in [2.24, 2.45) is 0 Å². The zero-order chi connectivity index (χ0) is 11.1. The molecule has 0 aliphatic heterocycles. The highest BCUT2D eigenvalue weighted by Crippen LogP contribution is 2.17. The highest BCUT2D eigenvalue weighted by molar-refractivity contribution is 9.10. The monoisotopic (exact) mass is 211 g/mol. The number of halogens is 3. The van der Waals surface area contributed by atoms with Crippen molar-refractivity contribution in [2.45, 2.75) is 6.40 Å². The van der Waals surface area contributed by atoms with E-state index in [1.807, 2.05) is 0 Å². The number of aromatic nitrogens is 1. The first kappa shape index (κ1) is 3.76. The largest absolute Gasteiger partial charge is 0.280 e. The number of nitrogens with zero attached hydrogens (tertiary/aromatic N) is 1. The first-order chi connectivity index (χ1) is 6.25. The van der Waals surface area contributed by atoms with Crippen LogP contribution in [0.2, 0.25) is 0 Å². The van der Waals surface area contributed by atoms with Gasteiger partial charge in [-0.3, -0.25) is 4.98 Å². The van der Waals surface area contributed by atoms with Crippen LogP contribution in [-0.2, 0) is 0 Å². The fourth-order valence-electron chi connectivity index (χ4n) is 0.364. The second-order valence-electron chi connectivity index (χ2n) is 1.40. The van der Waals surface area contributed by atoms with E-state index in [0.717, 1.165) is 0 Å². The van der Waals surface area contributed by atoms with E-state index in [4.69, 9.17) is 5.48 Å². The minimum Gasteiger partial charge on any atom is -0.254 e. The molecule has 0 atom stereocenters. The van der Waals surface area contributed by atoms with E-state index in [1.54, 1.807) is 0 Å². The van der Waals surface area contributed by atoms with Crippen LogP contribution < -0.4 is 0 Å². The highest BCUT2D eigenvalue weighted by Gasteiger charge is 2.06. The molecular weight excluding hydrogens is 204 g/mol. The van der Waals surface area contributed by atoms with Gasteiger partial charge in [0.15, 0.2) is 0 Å². The summed E-state index contributed by atoms with van der Waals surface area (Å²) in [6, 6.07) is -1.40. The number of pyridine rings is 1. The Labute approximate surface area is 70.8 Å². The van der Waals surface area contributed by atoms with Crippen molar-refractivity contribution in [3.05, 3.63) is 28.4 Å². The molecule has 0 fully saturated rings. The SMILES string of the molecule is [2H]c1nc(C([2H])(F)F)c([2H])c([2H])c1Br. The van der Waals surface area contributed by atoms with Gasteiger partial charge >= 0.3 is 0 Å². The first-order valence-electron chi connectivity index (χ1n) is 4.26. The third kappa shape index (κ3) is 1.73. The second-order valence-corrected chi connectivity index (χ2v) is 2.19. The van der Waals surface area contributed by atoms with Crippen molar-refractivity contribution in [2.75, 3.05) is 0 Å². The summed E-state index contributed by atoms with van der Waals surface area (Å²) in [5, 5.41) is 0. The summed E-state index contributed by atoms with van der Waals surface area (Å²) in [5.41, 5.74) is -1.17. The van der Waals surface area contributed by atoms with E-state index >= 15 is 0 Å². The Morgan fingerprint density at radius 2 is 2.40 bits per heavy atom. The quantitative estimate of drug-likeness (QED) is 0.697. The van der Waals surface area contributed by atoms with Crippen LogP contribution in [0.5, 0.6) is 0 Å². The Morgan fingerprint density at radius 1 is 1.70 bits per heavy atom. The molecule has 54 valence electrons. The predicted octanol–water partition coefficient (Wildman–Crippen LogP) is 2.78. The Kier molecular flexibility index (Phi) is 1.15. The molecule has 0 spiro atoms. The van der Waals surface area contributed by atoms with Gasteiger partial charge < -0.3 is 0 Å². The molecule has 0 saturated carbocycles. The molecule has 1 nitrogen and oxygen atoms in total. The minimum absolute atomic E-state index is 0.129. The normalized spacial score (nSPS) is 17.1. The number of rotatable bonds is 1. The molecule has 0 radical (unpaired) electrons. The molecule has 1 aromatic heterocycles. The van der Waals surface area contributed by atoms with Crippen LogP contribution in [0.15, 0.2) is 22.7 Å². The highest BCUT2D eigenvalue weighted by atomic mass is 79.9. The Hall–Kier alpha value is -0.510. The van der Waals surface area contributed by atoms with E-state index in [0.29, 0.717) is 0 Å². The summed E-state index contributed by atoms with van der Waals surface area (Å²) in [6.45, 7) is 0. The first-order valence-corrected chi connectivity index (χ1v) is 3.06. The fraction of sp³-hybridized carbons (Fsp3) is 0.167. The topological polar surface area (TPSA) is 12.9 Å². The molecule has 1 heterocycles. The van der Waals surface area contributed by atoms with Gasteiger partial charge in [0.1, 0.15) is 7.06 Å². The summed E-state index contributed by atoms with van der Waals surface area (Å²) in [5.74, 6) is 0. The van der Waals surface area contributed by atoms with E-state index in [9.17, 15) is 8.78 Å². The number of hydrogen-bond donors (Lipinski definition) is 0. The molecule has 0 saturated heterocycles. The standard InChI is InChI=1S/C6H4BrF2N/c7-4-1-2-5(6(8)9)10-3-4/h1-3,6H/i1D,2D,3D,6D. The molecule has 1 rings (SSSR count). The molecule has 0 aliphatic rings. The van der Waals surface area contributed by atoms with Crippen LogP contribution in [0, 0.1) is 0 Å².